The summed E-state index contributed by atoms with van der Waals surface area (Å²) in [7, 11) is 3.38. The Morgan fingerprint density at radius 2 is 2.10 bits per heavy atom. The van der Waals surface area contributed by atoms with Gasteiger partial charge in [-0.15, -0.1) is 0 Å². The molecule has 1 atom stereocenters. The van der Waals surface area contributed by atoms with Crippen LogP contribution in [0.1, 0.15) is 18.1 Å². The summed E-state index contributed by atoms with van der Waals surface area (Å²) in [5.74, 6) is 1.90. The van der Waals surface area contributed by atoms with Crippen molar-refractivity contribution >= 4 is 0 Å². The third-order valence-electron chi connectivity index (χ3n) is 3.47. The molecule has 0 spiro atoms. The SMILES string of the molecule is COCCOCCNCc1cc2c(cc1OC)CC(C)O2. The zero-order valence-electron chi connectivity index (χ0n) is 13.1. The van der Waals surface area contributed by atoms with E-state index < -0.39 is 0 Å². The Labute approximate surface area is 126 Å². The van der Waals surface area contributed by atoms with Crippen molar-refractivity contribution in [3.8, 4) is 11.5 Å². The first-order chi connectivity index (χ1) is 10.2. The highest BCUT2D eigenvalue weighted by molar-refractivity contribution is 5.48. The Bertz CT molecular complexity index is 450. The molecule has 2 rings (SSSR count). The molecular formula is C16H25NO4. The molecule has 0 aromatic heterocycles. The van der Waals surface area contributed by atoms with Crippen molar-refractivity contribution < 1.29 is 18.9 Å². The van der Waals surface area contributed by atoms with Crippen LogP contribution in [0.25, 0.3) is 0 Å². The molecule has 118 valence electrons. The maximum Gasteiger partial charge on any atom is 0.123 e. The van der Waals surface area contributed by atoms with E-state index in [0.29, 0.717) is 19.8 Å². The number of hydrogen-bond acceptors (Lipinski definition) is 5. The number of methoxy groups -OCH3 is 2. The highest BCUT2D eigenvalue weighted by atomic mass is 16.5. The van der Waals surface area contributed by atoms with Gasteiger partial charge in [-0.3, -0.25) is 0 Å². The topological polar surface area (TPSA) is 49.0 Å². The van der Waals surface area contributed by atoms with E-state index in [1.54, 1.807) is 14.2 Å². The number of rotatable bonds is 9. The summed E-state index contributed by atoms with van der Waals surface area (Å²) in [6.07, 6.45) is 1.20. The van der Waals surface area contributed by atoms with Crippen LogP contribution in [-0.2, 0) is 22.4 Å². The van der Waals surface area contributed by atoms with E-state index in [0.717, 1.165) is 36.6 Å². The molecule has 0 fully saturated rings. The first-order valence-corrected chi connectivity index (χ1v) is 7.38. The number of nitrogens with one attached hydrogen (secondary N) is 1. The first-order valence-electron chi connectivity index (χ1n) is 7.38. The second-order valence-corrected chi connectivity index (χ2v) is 5.19. The van der Waals surface area contributed by atoms with Gasteiger partial charge in [0.2, 0.25) is 0 Å². The number of fused-ring (bicyclic) bond motifs is 1. The quantitative estimate of drug-likeness (QED) is 0.704. The van der Waals surface area contributed by atoms with Gasteiger partial charge in [0, 0.05) is 37.7 Å². The number of hydrogen-bond donors (Lipinski definition) is 1. The summed E-state index contributed by atoms with van der Waals surface area (Å²) >= 11 is 0. The Morgan fingerprint density at radius 3 is 2.86 bits per heavy atom. The number of ether oxygens (including phenoxy) is 4. The maximum absolute atomic E-state index is 5.80. The molecule has 0 aliphatic carbocycles. The maximum atomic E-state index is 5.80. The predicted octanol–water partition coefficient (Wildman–Crippen LogP) is 1.77. The van der Waals surface area contributed by atoms with Gasteiger partial charge in [0.05, 0.1) is 26.9 Å². The van der Waals surface area contributed by atoms with Gasteiger partial charge in [-0.1, -0.05) is 0 Å². The van der Waals surface area contributed by atoms with E-state index in [2.05, 4.69) is 24.4 Å². The van der Waals surface area contributed by atoms with Gasteiger partial charge in [-0.25, -0.2) is 0 Å². The van der Waals surface area contributed by atoms with Gasteiger partial charge in [-0.2, -0.15) is 0 Å². The van der Waals surface area contributed by atoms with Crippen LogP contribution in [0.5, 0.6) is 11.5 Å². The lowest BCUT2D eigenvalue weighted by Crippen LogP contribution is -2.20. The average Bonchev–Trinajstić information content (AvgIpc) is 2.84. The number of benzene rings is 1. The molecule has 5 heteroatoms. The van der Waals surface area contributed by atoms with Crippen LogP contribution < -0.4 is 14.8 Å². The van der Waals surface area contributed by atoms with Gasteiger partial charge in [0.25, 0.3) is 0 Å². The highest BCUT2D eigenvalue weighted by Gasteiger charge is 2.21. The molecule has 1 aromatic carbocycles. The van der Waals surface area contributed by atoms with Gasteiger partial charge in [0.1, 0.15) is 17.6 Å². The van der Waals surface area contributed by atoms with E-state index in [9.17, 15) is 0 Å². The van der Waals surface area contributed by atoms with Crippen LogP contribution >= 0.6 is 0 Å². The molecule has 1 unspecified atom stereocenters. The Kier molecular flexibility index (Phi) is 6.29. The third kappa shape index (κ3) is 4.59. The largest absolute Gasteiger partial charge is 0.496 e. The summed E-state index contributed by atoms with van der Waals surface area (Å²) < 4.78 is 21.6. The van der Waals surface area contributed by atoms with Gasteiger partial charge in [0.15, 0.2) is 0 Å². The normalized spacial score (nSPS) is 16.6. The van der Waals surface area contributed by atoms with E-state index in [4.69, 9.17) is 18.9 Å². The fraction of sp³-hybridized carbons (Fsp3) is 0.625. The van der Waals surface area contributed by atoms with Crippen molar-refractivity contribution in [1.29, 1.82) is 0 Å². The van der Waals surface area contributed by atoms with Crippen molar-refractivity contribution in [3.63, 3.8) is 0 Å². The second-order valence-electron chi connectivity index (χ2n) is 5.19. The van der Waals surface area contributed by atoms with Crippen molar-refractivity contribution in [3.05, 3.63) is 23.3 Å². The molecule has 0 bridgehead atoms. The molecule has 1 heterocycles. The highest BCUT2D eigenvalue weighted by Crippen LogP contribution is 2.34. The van der Waals surface area contributed by atoms with Crippen molar-refractivity contribution in [2.75, 3.05) is 40.6 Å². The molecule has 1 aliphatic heterocycles. The molecular weight excluding hydrogens is 270 g/mol. The first kappa shape index (κ1) is 16.1. The molecule has 5 nitrogen and oxygen atoms in total. The van der Waals surface area contributed by atoms with Gasteiger partial charge >= 0.3 is 0 Å². The van der Waals surface area contributed by atoms with E-state index in [1.165, 1.54) is 5.56 Å². The molecule has 1 aromatic rings. The standard InChI is InChI=1S/C16H25NO4/c1-12-8-13-9-15(19-3)14(10-16(13)21-12)11-17-4-5-20-7-6-18-2/h9-10,12,17H,4-8,11H2,1-3H3. The molecule has 1 aliphatic rings. The molecule has 1 N–H and O–H groups in total. The van der Waals surface area contributed by atoms with Gasteiger partial charge < -0.3 is 24.3 Å². The molecule has 0 radical (unpaired) electrons. The average molecular weight is 295 g/mol. The minimum atomic E-state index is 0.252. The second kappa shape index (κ2) is 8.22. The van der Waals surface area contributed by atoms with Gasteiger partial charge in [-0.05, 0) is 19.1 Å². The smallest absolute Gasteiger partial charge is 0.123 e. The van der Waals surface area contributed by atoms with Crippen LogP contribution in [0.3, 0.4) is 0 Å². The monoisotopic (exact) mass is 295 g/mol. The van der Waals surface area contributed by atoms with Crippen molar-refractivity contribution in [2.24, 2.45) is 0 Å². The Balaban J connectivity index is 1.81. The van der Waals surface area contributed by atoms with Crippen LogP contribution in [-0.4, -0.2) is 46.7 Å². The fourth-order valence-corrected chi connectivity index (χ4v) is 2.42. The summed E-state index contributed by atoms with van der Waals surface area (Å²) in [6.45, 7) is 5.55. The summed E-state index contributed by atoms with van der Waals surface area (Å²) in [6, 6.07) is 4.17. The van der Waals surface area contributed by atoms with Crippen LogP contribution in [0.15, 0.2) is 12.1 Å². The summed E-state index contributed by atoms with van der Waals surface area (Å²) in [4.78, 5) is 0. The zero-order chi connectivity index (χ0) is 15.1. The van der Waals surface area contributed by atoms with E-state index in [1.807, 2.05) is 0 Å². The summed E-state index contributed by atoms with van der Waals surface area (Å²) in [5.41, 5.74) is 2.34. The molecule has 0 saturated heterocycles. The molecule has 0 saturated carbocycles. The summed E-state index contributed by atoms with van der Waals surface area (Å²) in [5, 5.41) is 3.35. The fourth-order valence-electron chi connectivity index (χ4n) is 2.42. The molecule has 21 heavy (non-hydrogen) atoms. The molecule has 0 amide bonds. The van der Waals surface area contributed by atoms with E-state index >= 15 is 0 Å². The van der Waals surface area contributed by atoms with Crippen LogP contribution in [0.2, 0.25) is 0 Å². The lowest BCUT2D eigenvalue weighted by molar-refractivity contribution is 0.0719. The predicted molar refractivity (Wildman–Crippen MR) is 81.2 cm³/mol. The minimum Gasteiger partial charge on any atom is -0.496 e. The Hall–Kier alpha value is -1.30. The minimum absolute atomic E-state index is 0.252. The van der Waals surface area contributed by atoms with Crippen molar-refractivity contribution in [2.45, 2.75) is 26.0 Å². The van der Waals surface area contributed by atoms with Crippen LogP contribution in [0.4, 0.5) is 0 Å². The van der Waals surface area contributed by atoms with Crippen LogP contribution in [0, 0.1) is 0 Å². The lowest BCUT2D eigenvalue weighted by Gasteiger charge is -2.12. The zero-order valence-corrected chi connectivity index (χ0v) is 13.1. The van der Waals surface area contributed by atoms with Crippen molar-refractivity contribution in [1.82, 2.24) is 5.32 Å². The Morgan fingerprint density at radius 1 is 1.24 bits per heavy atom. The third-order valence-corrected chi connectivity index (χ3v) is 3.47. The van der Waals surface area contributed by atoms with E-state index in [-0.39, 0.29) is 6.10 Å². The lowest BCUT2D eigenvalue weighted by atomic mass is 10.1.